The Hall–Kier alpha value is -2.76. The summed E-state index contributed by atoms with van der Waals surface area (Å²) in [5.74, 6) is -0.0329. The van der Waals surface area contributed by atoms with Crippen LogP contribution < -0.4 is 5.32 Å². The summed E-state index contributed by atoms with van der Waals surface area (Å²) in [7, 11) is 1.61. The van der Waals surface area contributed by atoms with Crippen molar-refractivity contribution in [2.75, 3.05) is 12.8 Å². The van der Waals surface area contributed by atoms with Gasteiger partial charge in [0.25, 0.3) is 0 Å². The van der Waals surface area contributed by atoms with Gasteiger partial charge in [-0.15, -0.1) is 11.8 Å². The Labute approximate surface area is 192 Å². The van der Waals surface area contributed by atoms with Crippen LogP contribution >= 0.6 is 23.4 Å². The molecule has 1 atom stereocenters. The monoisotopic (exact) mass is 452 g/mol. The Morgan fingerprint density at radius 1 is 0.903 bits per heavy atom. The highest BCUT2D eigenvalue weighted by Crippen LogP contribution is 2.22. The summed E-state index contributed by atoms with van der Waals surface area (Å²) in [6.07, 6.45) is 0.449. The van der Waals surface area contributed by atoms with E-state index < -0.39 is 6.04 Å². The Balaban J connectivity index is 1.83. The van der Waals surface area contributed by atoms with Crippen molar-refractivity contribution in [1.29, 1.82) is 0 Å². The number of nitrogens with zero attached hydrogens (tertiary/aromatic N) is 1. The third kappa shape index (κ3) is 6.88. The zero-order chi connectivity index (χ0) is 22.1. The Kier molecular flexibility index (Phi) is 8.56. The molecule has 160 valence electrons. The molecule has 3 rings (SSSR count). The number of halogens is 1. The smallest absolute Gasteiger partial charge is 0.242 e. The van der Waals surface area contributed by atoms with E-state index in [0.29, 0.717) is 18.0 Å². The number of carbonyl (C=O) groups is 2. The molecule has 0 aliphatic carbocycles. The molecule has 0 bridgehead atoms. The molecule has 0 radical (unpaired) electrons. The van der Waals surface area contributed by atoms with E-state index in [1.54, 1.807) is 24.1 Å². The standard InChI is InChI=1S/C25H25ClN2O2S/c1-27-25(30)23(16-19-8-4-2-5-9-19)28(17-20-10-6-3-7-11-20)24(29)18-31-22-14-12-21(26)13-15-22/h2-15,23H,16-18H2,1H3,(H,27,30)/t23-/m0/s1. The van der Waals surface area contributed by atoms with Gasteiger partial charge in [0.05, 0.1) is 5.75 Å². The summed E-state index contributed by atoms with van der Waals surface area (Å²) >= 11 is 7.39. The predicted molar refractivity (Wildman–Crippen MR) is 127 cm³/mol. The highest BCUT2D eigenvalue weighted by atomic mass is 35.5. The Morgan fingerprint density at radius 3 is 2.06 bits per heavy atom. The summed E-state index contributed by atoms with van der Waals surface area (Å²) in [5.41, 5.74) is 1.99. The van der Waals surface area contributed by atoms with Crippen molar-refractivity contribution < 1.29 is 9.59 Å². The molecule has 0 heterocycles. The van der Waals surface area contributed by atoms with Gasteiger partial charge in [-0.2, -0.15) is 0 Å². The second kappa shape index (κ2) is 11.6. The molecule has 1 N–H and O–H groups in total. The summed E-state index contributed by atoms with van der Waals surface area (Å²) in [6, 6.07) is 26.3. The van der Waals surface area contributed by atoms with Gasteiger partial charge < -0.3 is 10.2 Å². The minimum atomic E-state index is -0.606. The molecule has 0 spiro atoms. The van der Waals surface area contributed by atoms with Gasteiger partial charge in [0.2, 0.25) is 11.8 Å². The van der Waals surface area contributed by atoms with Crippen molar-refractivity contribution >= 4 is 35.2 Å². The third-order valence-corrected chi connectivity index (χ3v) is 6.14. The molecular formula is C25H25ClN2O2S. The highest BCUT2D eigenvalue weighted by Gasteiger charge is 2.29. The lowest BCUT2D eigenvalue weighted by Crippen LogP contribution is -2.50. The zero-order valence-electron chi connectivity index (χ0n) is 17.3. The van der Waals surface area contributed by atoms with Crippen molar-refractivity contribution in [2.24, 2.45) is 0 Å². The molecular weight excluding hydrogens is 428 g/mol. The largest absolute Gasteiger partial charge is 0.357 e. The fourth-order valence-corrected chi connectivity index (χ4v) is 4.17. The normalized spacial score (nSPS) is 11.5. The van der Waals surface area contributed by atoms with Gasteiger partial charge in [-0.3, -0.25) is 9.59 Å². The van der Waals surface area contributed by atoms with E-state index in [-0.39, 0.29) is 17.6 Å². The molecule has 6 heteroatoms. The summed E-state index contributed by atoms with van der Waals surface area (Å²) in [6.45, 7) is 0.367. The fourth-order valence-electron chi connectivity index (χ4n) is 3.26. The van der Waals surface area contributed by atoms with E-state index in [0.717, 1.165) is 16.0 Å². The first kappa shape index (κ1) is 22.9. The molecule has 0 fully saturated rings. The maximum Gasteiger partial charge on any atom is 0.242 e. The van der Waals surface area contributed by atoms with Gasteiger partial charge in [0.1, 0.15) is 6.04 Å². The number of carbonyl (C=O) groups excluding carboxylic acids is 2. The molecule has 0 aromatic heterocycles. The SMILES string of the molecule is CNC(=O)[C@H](Cc1ccccc1)N(Cc1ccccc1)C(=O)CSc1ccc(Cl)cc1. The van der Waals surface area contributed by atoms with Crippen molar-refractivity contribution in [3.8, 4) is 0 Å². The number of amides is 2. The summed E-state index contributed by atoms with van der Waals surface area (Å²) in [4.78, 5) is 28.8. The average Bonchev–Trinajstić information content (AvgIpc) is 2.81. The first-order valence-corrected chi connectivity index (χ1v) is 11.4. The Morgan fingerprint density at radius 2 is 1.48 bits per heavy atom. The molecule has 4 nitrogen and oxygen atoms in total. The minimum absolute atomic E-state index is 0.0895. The average molecular weight is 453 g/mol. The first-order chi connectivity index (χ1) is 15.1. The molecule has 0 saturated carbocycles. The fraction of sp³-hybridized carbons (Fsp3) is 0.200. The molecule has 0 aliphatic heterocycles. The van der Waals surface area contributed by atoms with Gasteiger partial charge in [-0.05, 0) is 35.4 Å². The molecule has 0 aliphatic rings. The van der Waals surface area contributed by atoms with Crippen LogP contribution in [0, 0.1) is 0 Å². The lowest BCUT2D eigenvalue weighted by atomic mass is 10.0. The number of rotatable bonds is 9. The van der Waals surface area contributed by atoms with Gasteiger partial charge in [0, 0.05) is 29.9 Å². The third-order valence-electron chi connectivity index (χ3n) is 4.89. The van der Waals surface area contributed by atoms with Crippen molar-refractivity contribution in [1.82, 2.24) is 10.2 Å². The van der Waals surface area contributed by atoms with Crippen LogP contribution in [0.2, 0.25) is 5.02 Å². The second-order valence-electron chi connectivity index (χ2n) is 7.07. The number of thioether (sulfide) groups is 1. The van der Waals surface area contributed by atoms with Crippen LogP contribution in [0.25, 0.3) is 0 Å². The summed E-state index contributed by atoms with van der Waals surface area (Å²) < 4.78 is 0. The van der Waals surface area contributed by atoms with Crippen molar-refractivity contribution in [3.05, 3.63) is 101 Å². The maximum absolute atomic E-state index is 13.3. The summed E-state index contributed by atoms with van der Waals surface area (Å²) in [5, 5.41) is 3.39. The van der Waals surface area contributed by atoms with E-state index in [1.165, 1.54) is 11.8 Å². The maximum atomic E-state index is 13.3. The molecule has 2 amide bonds. The molecule has 3 aromatic carbocycles. The van der Waals surface area contributed by atoms with Crippen LogP contribution in [0.3, 0.4) is 0 Å². The van der Waals surface area contributed by atoms with Crippen molar-refractivity contribution in [2.45, 2.75) is 23.9 Å². The predicted octanol–water partition coefficient (Wildman–Crippen LogP) is 4.82. The quantitative estimate of drug-likeness (QED) is 0.473. The molecule has 3 aromatic rings. The van der Waals surface area contributed by atoms with Crippen LogP contribution in [0.4, 0.5) is 0 Å². The number of nitrogens with one attached hydrogen (secondary N) is 1. The van der Waals surface area contributed by atoms with E-state index in [9.17, 15) is 9.59 Å². The van der Waals surface area contributed by atoms with E-state index in [2.05, 4.69) is 5.32 Å². The topological polar surface area (TPSA) is 49.4 Å². The van der Waals surface area contributed by atoms with Crippen LogP contribution in [-0.2, 0) is 22.6 Å². The van der Waals surface area contributed by atoms with Gasteiger partial charge in [-0.1, -0.05) is 72.3 Å². The van der Waals surface area contributed by atoms with E-state index >= 15 is 0 Å². The molecule has 31 heavy (non-hydrogen) atoms. The van der Waals surface area contributed by atoms with Gasteiger partial charge in [-0.25, -0.2) is 0 Å². The van der Waals surface area contributed by atoms with E-state index in [1.807, 2.05) is 72.8 Å². The van der Waals surface area contributed by atoms with Gasteiger partial charge in [0.15, 0.2) is 0 Å². The van der Waals surface area contributed by atoms with E-state index in [4.69, 9.17) is 11.6 Å². The number of benzene rings is 3. The second-order valence-corrected chi connectivity index (χ2v) is 8.55. The Bertz CT molecular complexity index is 981. The van der Waals surface area contributed by atoms with Crippen LogP contribution in [0.5, 0.6) is 0 Å². The zero-order valence-corrected chi connectivity index (χ0v) is 18.9. The van der Waals surface area contributed by atoms with Crippen LogP contribution in [0.15, 0.2) is 89.8 Å². The number of likely N-dealkylation sites (N-methyl/N-ethyl adjacent to an activating group) is 1. The lowest BCUT2D eigenvalue weighted by Gasteiger charge is -2.31. The number of hydrogen-bond acceptors (Lipinski definition) is 3. The number of hydrogen-bond donors (Lipinski definition) is 1. The van der Waals surface area contributed by atoms with Crippen molar-refractivity contribution in [3.63, 3.8) is 0 Å². The molecule has 0 saturated heterocycles. The first-order valence-electron chi connectivity index (χ1n) is 10.0. The lowest BCUT2D eigenvalue weighted by molar-refractivity contribution is -0.139. The molecule has 0 unspecified atom stereocenters. The minimum Gasteiger partial charge on any atom is -0.357 e. The van der Waals surface area contributed by atoms with Gasteiger partial charge >= 0.3 is 0 Å². The highest BCUT2D eigenvalue weighted by molar-refractivity contribution is 8.00. The van der Waals surface area contributed by atoms with Crippen LogP contribution in [-0.4, -0.2) is 35.6 Å². The van der Waals surface area contributed by atoms with Crippen LogP contribution in [0.1, 0.15) is 11.1 Å².